The molecule has 2 rings (SSSR count). The zero-order valence-corrected chi connectivity index (χ0v) is 9.75. The van der Waals surface area contributed by atoms with Gasteiger partial charge in [0, 0.05) is 10.4 Å². The molecule has 0 saturated heterocycles. The van der Waals surface area contributed by atoms with Crippen LogP contribution in [0.5, 0.6) is 5.75 Å². The van der Waals surface area contributed by atoms with Crippen molar-refractivity contribution in [3.63, 3.8) is 0 Å². The molecule has 88 valence electrons. The smallest absolute Gasteiger partial charge is 0.345 e. The van der Waals surface area contributed by atoms with Gasteiger partial charge in [-0.15, -0.1) is 11.3 Å². The van der Waals surface area contributed by atoms with E-state index in [1.54, 1.807) is 18.2 Å². The molecule has 0 aliphatic heterocycles. The van der Waals surface area contributed by atoms with Crippen LogP contribution in [0.3, 0.4) is 0 Å². The quantitative estimate of drug-likeness (QED) is 0.912. The lowest BCUT2D eigenvalue weighted by Crippen LogP contribution is -1.90. The Morgan fingerprint density at radius 2 is 2.12 bits per heavy atom. The Morgan fingerprint density at radius 1 is 1.35 bits per heavy atom. The SMILES string of the molecule is COc1cccc(-c2ccc(C(=O)O)s2)c1F. The summed E-state index contributed by atoms with van der Waals surface area (Å²) >= 11 is 1.03. The van der Waals surface area contributed by atoms with Crippen LogP contribution in [0.25, 0.3) is 10.4 Å². The van der Waals surface area contributed by atoms with Crippen LogP contribution in [0.15, 0.2) is 30.3 Å². The molecule has 2 aromatic rings. The van der Waals surface area contributed by atoms with Gasteiger partial charge < -0.3 is 9.84 Å². The number of carboxylic acids is 1. The van der Waals surface area contributed by atoms with Gasteiger partial charge in [-0.05, 0) is 18.2 Å². The number of hydrogen-bond acceptors (Lipinski definition) is 3. The fourth-order valence-electron chi connectivity index (χ4n) is 1.46. The van der Waals surface area contributed by atoms with Crippen LogP contribution < -0.4 is 4.74 Å². The first-order valence-electron chi connectivity index (χ1n) is 4.79. The van der Waals surface area contributed by atoms with E-state index >= 15 is 0 Å². The molecule has 0 saturated carbocycles. The summed E-state index contributed by atoms with van der Waals surface area (Å²) in [5.41, 5.74) is 0.349. The van der Waals surface area contributed by atoms with Crippen LogP contribution in [-0.2, 0) is 0 Å². The number of methoxy groups -OCH3 is 1. The molecule has 0 unspecified atom stereocenters. The number of benzene rings is 1. The molecule has 1 heterocycles. The molecule has 0 amide bonds. The van der Waals surface area contributed by atoms with Gasteiger partial charge in [0.25, 0.3) is 0 Å². The van der Waals surface area contributed by atoms with Crippen molar-refractivity contribution < 1.29 is 19.0 Å². The van der Waals surface area contributed by atoms with Crippen molar-refractivity contribution in [2.45, 2.75) is 0 Å². The predicted molar refractivity (Wildman–Crippen MR) is 63.2 cm³/mol. The van der Waals surface area contributed by atoms with Gasteiger partial charge in [-0.25, -0.2) is 9.18 Å². The molecule has 17 heavy (non-hydrogen) atoms. The summed E-state index contributed by atoms with van der Waals surface area (Å²) in [4.78, 5) is 11.5. The third-order valence-corrected chi connectivity index (χ3v) is 3.37. The van der Waals surface area contributed by atoms with Gasteiger partial charge in [-0.2, -0.15) is 0 Å². The zero-order chi connectivity index (χ0) is 12.4. The van der Waals surface area contributed by atoms with E-state index in [4.69, 9.17) is 9.84 Å². The van der Waals surface area contributed by atoms with E-state index < -0.39 is 11.8 Å². The summed E-state index contributed by atoms with van der Waals surface area (Å²) in [6.07, 6.45) is 0. The molecule has 5 heteroatoms. The number of ether oxygens (including phenoxy) is 1. The summed E-state index contributed by atoms with van der Waals surface area (Å²) in [7, 11) is 1.39. The number of rotatable bonds is 3. The van der Waals surface area contributed by atoms with Gasteiger partial charge >= 0.3 is 5.97 Å². The third kappa shape index (κ3) is 2.14. The van der Waals surface area contributed by atoms with E-state index in [9.17, 15) is 9.18 Å². The van der Waals surface area contributed by atoms with Crippen LogP contribution in [0.4, 0.5) is 4.39 Å². The van der Waals surface area contributed by atoms with E-state index in [2.05, 4.69) is 0 Å². The molecule has 1 aromatic carbocycles. The van der Waals surface area contributed by atoms with Gasteiger partial charge in [-0.1, -0.05) is 12.1 Å². The van der Waals surface area contributed by atoms with Crippen LogP contribution in [0.2, 0.25) is 0 Å². The van der Waals surface area contributed by atoms with Crippen molar-refractivity contribution in [1.82, 2.24) is 0 Å². The summed E-state index contributed by atoms with van der Waals surface area (Å²) in [6.45, 7) is 0. The van der Waals surface area contributed by atoms with E-state index in [-0.39, 0.29) is 10.6 Å². The molecular formula is C12H9FO3S. The van der Waals surface area contributed by atoms with Crippen molar-refractivity contribution in [1.29, 1.82) is 0 Å². The van der Waals surface area contributed by atoms with Gasteiger partial charge in [0.2, 0.25) is 0 Å². The van der Waals surface area contributed by atoms with Crippen LogP contribution in [0, 0.1) is 5.82 Å². The molecule has 0 aliphatic rings. The molecule has 0 aliphatic carbocycles. The topological polar surface area (TPSA) is 46.5 Å². The molecule has 0 spiro atoms. The first-order chi connectivity index (χ1) is 8.13. The molecule has 0 bridgehead atoms. The van der Waals surface area contributed by atoms with Crippen LogP contribution >= 0.6 is 11.3 Å². The molecule has 3 nitrogen and oxygen atoms in total. The molecular weight excluding hydrogens is 243 g/mol. The number of halogens is 1. The molecule has 1 aromatic heterocycles. The Kier molecular flexibility index (Phi) is 3.10. The highest BCUT2D eigenvalue weighted by molar-refractivity contribution is 7.17. The number of aromatic carboxylic acids is 1. The van der Waals surface area contributed by atoms with Crippen molar-refractivity contribution in [2.24, 2.45) is 0 Å². The third-order valence-electron chi connectivity index (χ3n) is 2.27. The predicted octanol–water partition coefficient (Wildman–Crippen LogP) is 3.26. The maximum absolute atomic E-state index is 13.9. The Balaban J connectivity index is 2.49. The molecule has 1 N–H and O–H groups in total. The Morgan fingerprint density at radius 3 is 2.71 bits per heavy atom. The van der Waals surface area contributed by atoms with E-state index in [1.165, 1.54) is 19.2 Å². The lowest BCUT2D eigenvalue weighted by Gasteiger charge is -2.05. The summed E-state index contributed by atoms with van der Waals surface area (Å²) in [5.74, 6) is -1.34. The first kappa shape index (κ1) is 11.6. The van der Waals surface area contributed by atoms with Gasteiger partial charge in [0.05, 0.1) is 7.11 Å². The Hall–Kier alpha value is -1.88. The average Bonchev–Trinajstić information content (AvgIpc) is 2.78. The number of thiophene rings is 1. The van der Waals surface area contributed by atoms with Gasteiger partial charge in [0.15, 0.2) is 11.6 Å². The maximum Gasteiger partial charge on any atom is 0.345 e. The highest BCUT2D eigenvalue weighted by Crippen LogP contribution is 2.33. The van der Waals surface area contributed by atoms with Crippen molar-refractivity contribution in [2.75, 3.05) is 7.11 Å². The van der Waals surface area contributed by atoms with Crippen LogP contribution in [0.1, 0.15) is 9.67 Å². The van der Waals surface area contributed by atoms with E-state index in [0.29, 0.717) is 10.4 Å². The van der Waals surface area contributed by atoms with Gasteiger partial charge in [-0.3, -0.25) is 0 Å². The second kappa shape index (κ2) is 4.55. The second-order valence-electron chi connectivity index (χ2n) is 3.29. The minimum Gasteiger partial charge on any atom is -0.494 e. The monoisotopic (exact) mass is 252 g/mol. The normalized spacial score (nSPS) is 10.2. The first-order valence-corrected chi connectivity index (χ1v) is 5.61. The Bertz CT molecular complexity index is 563. The molecule has 0 fully saturated rings. The minimum absolute atomic E-state index is 0.146. The highest BCUT2D eigenvalue weighted by Gasteiger charge is 2.14. The second-order valence-corrected chi connectivity index (χ2v) is 4.37. The summed E-state index contributed by atoms with van der Waals surface area (Å²) < 4.78 is 18.8. The lowest BCUT2D eigenvalue weighted by atomic mass is 10.1. The van der Waals surface area contributed by atoms with Crippen LogP contribution in [-0.4, -0.2) is 18.2 Å². The number of carboxylic acid groups (broad SMARTS) is 1. The standard InChI is InChI=1S/C12H9FO3S/c1-16-8-4-2-3-7(11(8)13)9-5-6-10(17-9)12(14)15/h2-6H,1H3,(H,14,15). The van der Waals surface area contributed by atoms with E-state index in [0.717, 1.165) is 11.3 Å². The minimum atomic E-state index is -1.01. The fourth-order valence-corrected chi connectivity index (χ4v) is 2.32. The lowest BCUT2D eigenvalue weighted by molar-refractivity contribution is 0.0702. The number of carbonyl (C=O) groups is 1. The van der Waals surface area contributed by atoms with Crippen molar-refractivity contribution >= 4 is 17.3 Å². The average molecular weight is 252 g/mol. The highest BCUT2D eigenvalue weighted by atomic mass is 32.1. The molecule has 0 radical (unpaired) electrons. The Labute approximate surface area is 101 Å². The largest absolute Gasteiger partial charge is 0.494 e. The zero-order valence-electron chi connectivity index (χ0n) is 8.94. The van der Waals surface area contributed by atoms with E-state index in [1.807, 2.05) is 0 Å². The fraction of sp³-hybridized carbons (Fsp3) is 0.0833. The molecule has 0 atom stereocenters. The number of hydrogen-bond donors (Lipinski definition) is 1. The maximum atomic E-state index is 13.9. The van der Waals surface area contributed by atoms with Crippen molar-refractivity contribution in [3.05, 3.63) is 41.0 Å². The van der Waals surface area contributed by atoms with Gasteiger partial charge in [0.1, 0.15) is 4.88 Å². The summed E-state index contributed by atoms with van der Waals surface area (Å²) in [5, 5.41) is 8.81. The summed E-state index contributed by atoms with van der Waals surface area (Å²) in [6, 6.07) is 7.82. The van der Waals surface area contributed by atoms with Crippen molar-refractivity contribution in [3.8, 4) is 16.2 Å².